The van der Waals surface area contributed by atoms with Crippen LogP contribution in [0.15, 0.2) is 12.1 Å². The lowest BCUT2D eigenvalue weighted by Gasteiger charge is -2.08. The van der Waals surface area contributed by atoms with Crippen molar-refractivity contribution in [2.24, 2.45) is 0 Å². The van der Waals surface area contributed by atoms with Crippen molar-refractivity contribution in [3.63, 3.8) is 0 Å². The number of nitrogens with one attached hydrogen (secondary N) is 2. The van der Waals surface area contributed by atoms with E-state index in [-0.39, 0.29) is 5.52 Å². The first-order valence-corrected chi connectivity index (χ1v) is 5.67. The van der Waals surface area contributed by atoms with Crippen LogP contribution in [0.5, 0.6) is 0 Å². The lowest BCUT2D eigenvalue weighted by molar-refractivity contribution is 0.525. The third kappa shape index (κ3) is 2.61. The third-order valence-electron chi connectivity index (χ3n) is 2.78. The van der Waals surface area contributed by atoms with E-state index in [0.717, 1.165) is 12.5 Å². The monoisotopic (exact) mass is 239 g/mol. The fraction of sp³-hybridized carbons (Fsp3) is 0.417. The summed E-state index contributed by atoms with van der Waals surface area (Å²) in [5.41, 5.74) is 0.579. The predicted octanol–water partition coefficient (Wildman–Crippen LogP) is 2.73. The second-order valence-corrected chi connectivity index (χ2v) is 4.16. The molecule has 0 aliphatic heterocycles. The first kappa shape index (κ1) is 12.0. The topological polar surface area (TPSA) is 40.7 Å². The van der Waals surface area contributed by atoms with Crippen LogP contribution in [-0.2, 0) is 6.54 Å². The molecule has 0 amide bonds. The Balaban J connectivity index is 2.23. The molecule has 0 fully saturated rings. The Kier molecular flexibility index (Phi) is 3.38. The van der Waals surface area contributed by atoms with Gasteiger partial charge in [-0.1, -0.05) is 6.92 Å². The normalized spacial score (nSPS) is 13.2. The second-order valence-electron chi connectivity index (χ2n) is 4.16. The number of halogens is 2. The van der Waals surface area contributed by atoms with Gasteiger partial charge in [0, 0.05) is 12.1 Å². The van der Waals surface area contributed by atoms with E-state index in [1.54, 1.807) is 0 Å². The number of benzene rings is 1. The summed E-state index contributed by atoms with van der Waals surface area (Å²) in [5.74, 6) is -0.615. The Labute approximate surface area is 98.2 Å². The van der Waals surface area contributed by atoms with Gasteiger partial charge in [0.25, 0.3) is 0 Å². The standard InChI is InChI=1S/C12H15F2N3/c1-3-7(2)15-6-11-16-10-5-8(13)4-9(14)12(10)17-11/h4-5,7,15H,3,6H2,1-2H3,(H,16,17). The second kappa shape index (κ2) is 4.79. The van der Waals surface area contributed by atoms with Gasteiger partial charge in [-0.05, 0) is 19.4 Å². The maximum absolute atomic E-state index is 13.4. The Bertz CT molecular complexity index is 522. The van der Waals surface area contributed by atoms with E-state index < -0.39 is 11.6 Å². The Morgan fingerprint density at radius 2 is 2.18 bits per heavy atom. The number of H-pyrrole nitrogens is 1. The van der Waals surface area contributed by atoms with Gasteiger partial charge in [-0.25, -0.2) is 13.8 Å². The smallest absolute Gasteiger partial charge is 0.153 e. The van der Waals surface area contributed by atoms with Crippen molar-refractivity contribution in [3.05, 3.63) is 29.6 Å². The number of hydrogen-bond donors (Lipinski definition) is 2. The maximum Gasteiger partial charge on any atom is 0.153 e. The molecular weight excluding hydrogens is 224 g/mol. The number of hydrogen-bond acceptors (Lipinski definition) is 2. The molecule has 1 heterocycles. The van der Waals surface area contributed by atoms with E-state index >= 15 is 0 Å². The van der Waals surface area contributed by atoms with Gasteiger partial charge in [-0.3, -0.25) is 0 Å². The molecule has 2 N–H and O–H groups in total. The highest BCUT2D eigenvalue weighted by Gasteiger charge is 2.09. The first-order valence-electron chi connectivity index (χ1n) is 5.67. The zero-order valence-electron chi connectivity index (χ0n) is 9.85. The van der Waals surface area contributed by atoms with Gasteiger partial charge in [0.05, 0.1) is 12.1 Å². The summed E-state index contributed by atoms with van der Waals surface area (Å²) in [6, 6.07) is 2.46. The highest BCUT2D eigenvalue weighted by atomic mass is 19.1. The zero-order chi connectivity index (χ0) is 12.4. The van der Waals surface area contributed by atoms with E-state index in [1.165, 1.54) is 6.07 Å². The summed E-state index contributed by atoms with van der Waals surface area (Å²) >= 11 is 0. The first-order chi connectivity index (χ1) is 8.10. The third-order valence-corrected chi connectivity index (χ3v) is 2.78. The number of rotatable bonds is 4. The lowest BCUT2D eigenvalue weighted by Crippen LogP contribution is -2.24. The van der Waals surface area contributed by atoms with Crippen molar-refractivity contribution in [2.45, 2.75) is 32.9 Å². The fourth-order valence-corrected chi connectivity index (χ4v) is 1.59. The molecule has 2 aromatic rings. The highest BCUT2D eigenvalue weighted by molar-refractivity contribution is 5.75. The summed E-state index contributed by atoms with van der Waals surface area (Å²) in [6.07, 6.45) is 1.00. The minimum absolute atomic E-state index is 0.187. The van der Waals surface area contributed by atoms with Crippen molar-refractivity contribution in [2.75, 3.05) is 0 Å². The van der Waals surface area contributed by atoms with Crippen LogP contribution in [-0.4, -0.2) is 16.0 Å². The molecule has 5 heteroatoms. The van der Waals surface area contributed by atoms with Gasteiger partial charge in [-0.2, -0.15) is 0 Å². The van der Waals surface area contributed by atoms with Crippen LogP contribution in [0.25, 0.3) is 11.0 Å². The van der Waals surface area contributed by atoms with E-state index in [0.29, 0.717) is 23.9 Å². The molecule has 2 rings (SSSR count). The molecule has 17 heavy (non-hydrogen) atoms. The predicted molar refractivity (Wildman–Crippen MR) is 62.6 cm³/mol. The largest absolute Gasteiger partial charge is 0.341 e. The molecule has 0 bridgehead atoms. The molecule has 92 valence electrons. The maximum atomic E-state index is 13.4. The van der Waals surface area contributed by atoms with Crippen molar-refractivity contribution < 1.29 is 8.78 Å². The fourth-order valence-electron chi connectivity index (χ4n) is 1.59. The molecule has 1 aromatic carbocycles. The molecule has 1 unspecified atom stereocenters. The van der Waals surface area contributed by atoms with Gasteiger partial charge in [0.15, 0.2) is 5.82 Å². The number of aromatic amines is 1. The SMILES string of the molecule is CCC(C)NCc1nc2c(F)cc(F)cc2[nH]1. The van der Waals surface area contributed by atoms with Crippen LogP contribution in [0.2, 0.25) is 0 Å². The molecular formula is C12H15F2N3. The molecule has 0 radical (unpaired) electrons. The quantitative estimate of drug-likeness (QED) is 0.861. The minimum atomic E-state index is -0.633. The summed E-state index contributed by atoms with van der Waals surface area (Å²) in [6.45, 7) is 4.65. The zero-order valence-corrected chi connectivity index (χ0v) is 9.85. The van der Waals surface area contributed by atoms with Crippen LogP contribution < -0.4 is 5.32 Å². The lowest BCUT2D eigenvalue weighted by atomic mass is 10.2. The van der Waals surface area contributed by atoms with Crippen molar-refractivity contribution in [1.82, 2.24) is 15.3 Å². The van der Waals surface area contributed by atoms with Crippen molar-refractivity contribution in [3.8, 4) is 0 Å². The highest BCUT2D eigenvalue weighted by Crippen LogP contribution is 2.17. The molecule has 1 aromatic heterocycles. The number of aromatic nitrogens is 2. The van der Waals surface area contributed by atoms with Crippen LogP contribution in [0.1, 0.15) is 26.1 Å². The van der Waals surface area contributed by atoms with Crippen molar-refractivity contribution >= 4 is 11.0 Å². The van der Waals surface area contributed by atoms with Crippen LogP contribution >= 0.6 is 0 Å². The number of fused-ring (bicyclic) bond motifs is 1. The number of nitrogens with zero attached hydrogens (tertiary/aromatic N) is 1. The number of imidazole rings is 1. The Morgan fingerprint density at radius 1 is 1.41 bits per heavy atom. The summed E-state index contributed by atoms with van der Waals surface area (Å²) in [5, 5.41) is 3.23. The van der Waals surface area contributed by atoms with E-state index in [9.17, 15) is 8.78 Å². The van der Waals surface area contributed by atoms with Gasteiger partial charge in [0.2, 0.25) is 0 Å². The van der Waals surface area contributed by atoms with E-state index in [1.807, 2.05) is 0 Å². The van der Waals surface area contributed by atoms with E-state index in [4.69, 9.17) is 0 Å². The minimum Gasteiger partial charge on any atom is -0.341 e. The van der Waals surface area contributed by atoms with E-state index in [2.05, 4.69) is 29.1 Å². The molecule has 0 aliphatic rings. The molecule has 0 saturated carbocycles. The van der Waals surface area contributed by atoms with Crippen LogP contribution in [0.3, 0.4) is 0 Å². The summed E-state index contributed by atoms with van der Waals surface area (Å²) in [4.78, 5) is 7.00. The van der Waals surface area contributed by atoms with Crippen molar-refractivity contribution in [1.29, 1.82) is 0 Å². The van der Waals surface area contributed by atoms with Gasteiger partial charge >= 0.3 is 0 Å². The van der Waals surface area contributed by atoms with Gasteiger partial charge in [-0.15, -0.1) is 0 Å². The molecule has 0 spiro atoms. The van der Waals surface area contributed by atoms with Crippen LogP contribution in [0.4, 0.5) is 8.78 Å². The molecule has 3 nitrogen and oxygen atoms in total. The Morgan fingerprint density at radius 3 is 2.88 bits per heavy atom. The Hall–Kier alpha value is -1.49. The molecule has 0 aliphatic carbocycles. The average Bonchev–Trinajstić information content (AvgIpc) is 2.69. The van der Waals surface area contributed by atoms with Crippen LogP contribution in [0, 0.1) is 11.6 Å². The summed E-state index contributed by atoms with van der Waals surface area (Å²) < 4.78 is 26.4. The van der Waals surface area contributed by atoms with Gasteiger partial charge < -0.3 is 10.3 Å². The summed E-state index contributed by atoms with van der Waals surface area (Å²) in [7, 11) is 0. The van der Waals surface area contributed by atoms with Gasteiger partial charge in [0.1, 0.15) is 17.2 Å². The average molecular weight is 239 g/mol. The molecule has 1 atom stereocenters. The molecule has 0 saturated heterocycles.